The van der Waals surface area contributed by atoms with Gasteiger partial charge in [0.05, 0.1) is 0 Å². The van der Waals surface area contributed by atoms with Crippen molar-refractivity contribution in [1.82, 2.24) is 14.7 Å². The van der Waals surface area contributed by atoms with E-state index >= 15 is 0 Å². The van der Waals surface area contributed by atoms with E-state index in [4.69, 9.17) is 0 Å². The number of hydrogen-bond donors (Lipinski definition) is 0. The fraction of sp³-hybridized carbons (Fsp3) is 1.00. The lowest BCUT2D eigenvalue weighted by Gasteiger charge is -2.36. The molecule has 3 nitrogen and oxygen atoms in total. The van der Waals surface area contributed by atoms with Crippen LogP contribution in [0.4, 0.5) is 0 Å². The van der Waals surface area contributed by atoms with Crippen molar-refractivity contribution in [3.63, 3.8) is 0 Å². The third kappa shape index (κ3) is 6.38. The molecule has 0 spiro atoms. The van der Waals surface area contributed by atoms with Gasteiger partial charge >= 0.3 is 0 Å². The molecule has 6 fully saturated rings. The van der Waals surface area contributed by atoms with Crippen LogP contribution in [0.25, 0.3) is 0 Å². The van der Waals surface area contributed by atoms with Gasteiger partial charge in [0.15, 0.2) is 0 Å². The Balaban J connectivity index is 0.000000139. The van der Waals surface area contributed by atoms with Gasteiger partial charge in [-0.05, 0) is 119 Å². The summed E-state index contributed by atoms with van der Waals surface area (Å²) < 4.78 is 0. The summed E-state index contributed by atoms with van der Waals surface area (Å²) in [6.07, 6.45) is 6.00. The van der Waals surface area contributed by atoms with Gasteiger partial charge in [-0.3, -0.25) is 14.7 Å². The van der Waals surface area contributed by atoms with Gasteiger partial charge < -0.3 is 0 Å². The second kappa shape index (κ2) is 12.5. The molecule has 0 N–H and O–H groups in total. The Kier molecular flexibility index (Phi) is 10.2. The molecular formula is C37H71N3. The monoisotopic (exact) mass is 558 g/mol. The van der Waals surface area contributed by atoms with Crippen molar-refractivity contribution in [3.05, 3.63) is 0 Å². The smallest absolute Gasteiger partial charge is 0.0158 e. The van der Waals surface area contributed by atoms with Gasteiger partial charge in [-0.25, -0.2) is 0 Å². The number of rotatable bonds is 6. The maximum Gasteiger partial charge on any atom is 0.0158 e. The molecule has 0 aromatic carbocycles. The van der Waals surface area contributed by atoms with E-state index in [1.807, 2.05) is 0 Å². The van der Waals surface area contributed by atoms with Crippen LogP contribution in [-0.4, -0.2) is 70.6 Å². The molecule has 3 saturated carbocycles. The van der Waals surface area contributed by atoms with Crippen molar-refractivity contribution >= 4 is 0 Å². The first-order valence-corrected chi connectivity index (χ1v) is 17.9. The van der Waals surface area contributed by atoms with E-state index in [1.165, 1.54) is 45.3 Å². The van der Waals surface area contributed by atoms with Crippen LogP contribution in [0, 0.1) is 58.7 Å². The van der Waals surface area contributed by atoms with Crippen LogP contribution in [0.3, 0.4) is 0 Å². The van der Waals surface area contributed by atoms with Crippen LogP contribution in [-0.2, 0) is 0 Å². The van der Waals surface area contributed by atoms with Gasteiger partial charge in [-0.15, -0.1) is 0 Å². The van der Waals surface area contributed by atoms with Crippen molar-refractivity contribution in [2.24, 2.45) is 58.7 Å². The van der Waals surface area contributed by atoms with Crippen LogP contribution >= 0.6 is 0 Å². The topological polar surface area (TPSA) is 9.72 Å². The van der Waals surface area contributed by atoms with Crippen LogP contribution in [0.15, 0.2) is 0 Å². The fourth-order valence-corrected chi connectivity index (χ4v) is 10.5. The van der Waals surface area contributed by atoms with Crippen molar-refractivity contribution in [1.29, 1.82) is 0 Å². The highest BCUT2D eigenvalue weighted by Gasteiger charge is 2.67. The van der Waals surface area contributed by atoms with Crippen LogP contribution in [0.2, 0.25) is 0 Å². The van der Waals surface area contributed by atoms with Crippen LogP contribution in [0.1, 0.15) is 123 Å². The fourth-order valence-electron chi connectivity index (χ4n) is 10.5. The van der Waals surface area contributed by atoms with Crippen molar-refractivity contribution in [3.8, 4) is 0 Å². The highest BCUT2D eigenvalue weighted by atomic mass is 15.3. The second-order valence-electron chi connectivity index (χ2n) is 17.5. The molecule has 6 rings (SSSR count). The van der Waals surface area contributed by atoms with E-state index in [9.17, 15) is 0 Å². The molecule has 3 saturated heterocycles. The maximum absolute atomic E-state index is 2.76. The first-order chi connectivity index (χ1) is 18.6. The molecule has 0 aromatic heterocycles. The number of likely N-dealkylation sites (tertiary alicyclic amines) is 3. The molecule has 9 atom stereocenters. The van der Waals surface area contributed by atoms with Crippen molar-refractivity contribution < 1.29 is 0 Å². The quantitative estimate of drug-likeness (QED) is 0.324. The molecular weight excluding hydrogens is 486 g/mol. The largest absolute Gasteiger partial charge is 0.297 e. The van der Waals surface area contributed by atoms with Gasteiger partial charge in [0.1, 0.15) is 0 Å². The van der Waals surface area contributed by atoms with E-state index in [1.54, 1.807) is 0 Å². The highest BCUT2D eigenvalue weighted by Crippen LogP contribution is 2.66. The molecule has 40 heavy (non-hydrogen) atoms. The summed E-state index contributed by atoms with van der Waals surface area (Å²) in [5, 5.41) is 0. The molecule has 0 bridgehead atoms. The predicted octanol–water partition coefficient (Wildman–Crippen LogP) is 8.53. The SMILES string of the molecule is CC(C)C1C2C(CN1C(C)C)C2(C)C.CC(C)C1C2CC2CN1C(C)C.CC(C)C1C2CCCC2CN1C(C)C. The Morgan fingerprint density at radius 2 is 0.975 bits per heavy atom. The molecule has 0 aromatic rings. The third-order valence-corrected chi connectivity index (χ3v) is 12.6. The zero-order valence-electron chi connectivity index (χ0n) is 29.5. The normalized spacial score (nSPS) is 40.0. The first kappa shape index (κ1) is 32.8. The Morgan fingerprint density at radius 1 is 0.525 bits per heavy atom. The Bertz CT molecular complexity index is 797. The average Bonchev–Trinajstić information content (AvgIpc) is 3.35. The van der Waals surface area contributed by atoms with Crippen molar-refractivity contribution in [2.45, 2.75) is 159 Å². The zero-order chi connectivity index (χ0) is 29.8. The lowest BCUT2D eigenvalue weighted by Crippen LogP contribution is -2.43. The molecule has 0 radical (unpaired) electrons. The van der Waals surface area contributed by atoms with Crippen molar-refractivity contribution in [2.75, 3.05) is 19.6 Å². The van der Waals surface area contributed by atoms with E-state index in [-0.39, 0.29) is 0 Å². The minimum Gasteiger partial charge on any atom is -0.297 e. The summed E-state index contributed by atoms with van der Waals surface area (Å²) >= 11 is 0. The van der Waals surface area contributed by atoms with E-state index in [0.717, 1.165) is 89.5 Å². The molecule has 3 aliphatic heterocycles. The van der Waals surface area contributed by atoms with Gasteiger partial charge in [0.25, 0.3) is 0 Å². The highest BCUT2D eigenvalue weighted by molar-refractivity contribution is 5.17. The molecule has 6 aliphatic rings. The Labute approximate surface area is 251 Å². The minimum absolute atomic E-state index is 0.639. The first-order valence-electron chi connectivity index (χ1n) is 17.9. The molecule has 3 heteroatoms. The lowest BCUT2D eigenvalue weighted by molar-refractivity contribution is 0.111. The summed E-state index contributed by atoms with van der Waals surface area (Å²) in [4.78, 5) is 8.20. The predicted molar refractivity (Wildman–Crippen MR) is 175 cm³/mol. The zero-order valence-corrected chi connectivity index (χ0v) is 29.5. The lowest BCUT2D eigenvalue weighted by atomic mass is 9.87. The summed E-state index contributed by atoms with van der Waals surface area (Å²) in [5.74, 6) is 8.65. The molecule has 234 valence electrons. The molecule has 3 aliphatic carbocycles. The number of hydrogen-bond acceptors (Lipinski definition) is 3. The van der Waals surface area contributed by atoms with Crippen LogP contribution < -0.4 is 0 Å². The molecule has 3 heterocycles. The second-order valence-corrected chi connectivity index (χ2v) is 17.5. The third-order valence-electron chi connectivity index (χ3n) is 12.6. The summed E-state index contributed by atoms with van der Waals surface area (Å²) in [6, 6.07) is 4.84. The van der Waals surface area contributed by atoms with E-state index in [0.29, 0.717) is 5.41 Å². The number of piperidine rings is 2. The minimum atomic E-state index is 0.639. The molecule has 9 unspecified atom stereocenters. The molecule has 0 amide bonds. The van der Waals surface area contributed by atoms with Gasteiger partial charge in [-0.2, -0.15) is 0 Å². The van der Waals surface area contributed by atoms with E-state index < -0.39 is 0 Å². The summed E-state index contributed by atoms with van der Waals surface area (Å²) in [6.45, 7) is 37.4. The van der Waals surface area contributed by atoms with Crippen LogP contribution in [0.5, 0.6) is 0 Å². The number of fused-ring (bicyclic) bond motifs is 3. The van der Waals surface area contributed by atoms with Gasteiger partial charge in [0.2, 0.25) is 0 Å². The number of nitrogens with zero attached hydrogens (tertiary/aromatic N) is 3. The standard InChI is InChI=1S/2C13H25N.C11H21N/c1-8(2)12-11-10(13(11,5)6)7-14(12)9(3)4;1-9(2)13-12-7-5-6-11(12)8-14(13)10(3)4;1-7(2)11-10-5-9(10)6-12(11)8(3)4/h8-12H,7H2,1-6H3;9-13H,5-8H2,1-4H3;7-11H,5-6H2,1-4H3. The van der Waals surface area contributed by atoms with Gasteiger partial charge in [0, 0.05) is 55.9 Å². The maximum atomic E-state index is 2.76. The Hall–Kier alpha value is -0.120. The van der Waals surface area contributed by atoms with Gasteiger partial charge in [-0.1, -0.05) is 61.8 Å². The Morgan fingerprint density at radius 3 is 1.43 bits per heavy atom. The average molecular weight is 558 g/mol. The summed E-state index contributed by atoms with van der Waals surface area (Å²) in [5.41, 5.74) is 0.639. The van der Waals surface area contributed by atoms with E-state index in [2.05, 4.69) is 112 Å². The summed E-state index contributed by atoms with van der Waals surface area (Å²) in [7, 11) is 0.